The van der Waals surface area contributed by atoms with Gasteiger partial charge in [-0.1, -0.05) is 19.1 Å². The lowest BCUT2D eigenvalue weighted by molar-refractivity contribution is -0.119. The van der Waals surface area contributed by atoms with Gasteiger partial charge in [0.2, 0.25) is 15.9 Å². The summed E-state index contributed by atoms with van der Waals surface area (Å²) in [6.45, 7) is 4.17. The number of hydrogen-bond donors (Lipinski definition) is 2. The third-order valence-corrected chi connectivity index (χ3v) is 3.79. The summed E-state index contributed by atoms with van der Waals surface area (Å²) in [6.07, 6.45) is 0.750. The Labute approximate surface area is 108 Å². The molecule has 0 saturated carbocycles. The summed E-state index contributed by atoms with van der Waals surface area (Å²) < 4.78 is 26.1. The van der Waals surface area contributed by atoms with Crippen LogP contribution in [0, 0.1) is 0 Å². The first-order valence-corrected chi connectivity index (χ1v) is 7.27. The van der Waals surface area contributed by atoms with Crippen LogP contribution < -0.4 is 10.0 Å². The molecule has 1 amide bonds. The van der Waals surface area contributed by atoms with Crippen molar-refractivity contribution in [1.82, 2.24) is 10.0 Å². The number of carbonyl (C=O) groups is 1. The number of sulfonamides is 1. The van der Waals surface area contributed by atoms with Crippen molar-refractivity contribution in [2.45, 2.75) is 31.7 Å². The molecule has 1 aromatic rings. The highest BCUT2D eigenvalue weighted by molar-refractivity contribution is 7.89. The van der Waals surface area contributed by atoms with Crippen molar-refractivity contribution in [3.8, 4) is 0 Å². The Morgan fingerprint density at radius 2 is 1.83 bits per heavy atom. The molecule has 100 valence electrons. The van der Waals surface area contributed by atoms with Gasteiger partial charge in [-0.25, -0.2) is 13.1 Å². The topological polar surface area (TPSA) is 75.3 Å². The number of rotatable bonds is 6. The minimum atomic E-state index is -3.41. The van der Waals surface area contributed by atoms with Crippen LogP contribution in [0.25, 0.3) is 0 Å². The van der Waals surface area contributed by atoms with E-state index < -0.39 is 10.0 Å². The van der Waals surface area contributed by atoms with E-state index in [1.54, 1.807) is 12.1 Å². The summed E-state index contributed by atoms with van der Waals surface area (Å²) in [7, 11) is -3.41. The zero-order chi connectivity index (χ0) is 13.6. The lowest BCUT2D eigenvalue weighted by atomic mass is 10.2. The van der Waals surface area contributed by atoms with E-state index in [0.29, 0.717) is 13.1 Å². The Morgan fingerprint density at radius 3 is 2.33 bits per heavy atom. The molecule has 0 aromatic heterocycles. The summed E-state index contributed by atoms with van der Waals surface area (Å²) in [5.74, 6) is -0.115. The van der Waals surface area contributed by atoms with Crippen LogP contribution in [0.5, 0.6) is 0 Å². The molecule has 0 aliphatic rings. The zero-order valence-electron chi connectivity index (χ0n) is 10.6. The minimum absolute atomic E-state index is 0.115. The molecule has 0 radical (unpaired) electrons. The maximum absolute atomic E-state index is 11.8. The summed E-state index contributed by atoms with van der Waals surface area (Å²) in [4.78, 5) is 11.0. The first-order chi connectivity index (χ1) is 8.45. The smallest absolute Gasteiger partial charge is 0.240 e. The molecule has 0 atom stereocenters. The highest BCUT2D eigenvalue weighted by Gasteiger charge is 2.12. The van der Waals surface area contributed by atoms with Gasteiger partial charge < -0.3 is 5.32 Å². The Balaban J connectivity index is 2.73. The number of benzene rings is 1. The molecule has 6 heteroatoms. The van der Waals surface area contributed by atoms with E-state index in [-0.39, 0.29) is 10.8 Å². The average molecular weight is 270 g/mol. The van der Waals surface area contributed by atoms with E-state index in [0.717, 1.165) is 12.0 Å². The van der Waals surface area contributed by atoms with Crippen molar-refractivity contribution in [3.63, 3.8) is 0 Å². The van der Waals surface area contributed by atoms with Gasteiger partial charge in [-0.2, -0.15) is 0 Å². The average Bonchev–Trinajstić information content (AvgIpc) is 2.34. The predicted octanol–water partition coefficient (Wildman–Crippen LogP) is 1.01. The standard InChI is InChI=1S/C12H18N2O3S/c1-3-8-14-18(16,17)12-6-4-11(5-7-12)9-13-10(2)15/h4-7,14H,3,8-9H2,1-2H3,(H,13,15). The second-order valence-electron chi connectivity index (χ2n) is 3.95. The van der Waals surface area contributed by atoms with Crippen molar-refractivity contribution in [2.24, 2.45) is 0 Å². The fourth-order valence-electron chi connectivity index (χ4n) is 1.33. The van der Waals surface area contributed by atoms with E-state index in [4.69, 9.17) is 0 Å². The highest BCUT2D eigenvalue weighted by atomic mass is 32.2. The summed E-state index contributed by atoms with van der Waals surface area (Å²) >= 11 is 0. The first kappa shape index (κ1) is 14.7. The molecule has 1 aromatic carbocycles. The monoisotopic (exact) mass is 270 g/mol. The van der Waals surface area contributed by atoms with Gasteiger partial charge in [-0.15, -0.1) is 0 Å². The highest BCUT2D eigenvalue weighted by Crippen LogP contribution is 2.10. The second-order valence-corrected chi connectivity index (χ2v) is 5.72. The number of hydrogen-bond acceptors (Lipinski definition) is 3. The van der Waals surface area contributed by atoms with Crippen LogP contribution >= 0.6 is 0 Å². The van der Waals surface area contributed by atoms with Crippen LogP contribution in [0.4, 0.5) is 0 Å². The molecular formula is C12H18N2O3S. The zero-order valence-corrected chi connectivity index (χ0v) is 11.4. The van der Waals surface area contributed by atoms with E-state index in [1.165, 1.54) is 19.1 Å². The van der Waals surface area contributed by atoms with E-state index in [2.05, 4.69) is 10.0 Å². The maximum atomic E-state index is 11.8. The molecule has 0 fully saturated rings. The van der Waals surface area contributed by atoms with E-state index in [9.17, 15) is 13.2 Å². The van der Waals surface area contributed by atoms with Gasteiger partial charge in [-0.3, -0.25) is 4.79 Å². The summed E-state index contributed by atoms with van der Waals surface area (Å²) in [6, 6.07) is 6.46. The number of amides is 1. The van der Waals surface area contributed by atoms with E-state index >= 15 is 0 Å². The van der Waals surface area contributed by atoms with Crippen molar-refractivity contribution in [3.05, 3.63) is 29.8 Å². The van der Waals surface area contributed by atoms with Gasteiger partial charge in [-0.05, 0) is 24.1 Å². The Kier molecular flexibility index (Phi) is 5.30. The van der Waals surface area contributed by atoms with Gasteiger partial charge in [0.25, 0.3) is 0 Å². The Morgan fingerprint density at radius 1 is 1.22 bits per heavy atom. The molecule has 0 saturated heterocycles. The van der Waals surface area contributed by atoms with Crippen molar-refractivity contribution in [2.75, 3.05) is 6.54 Å². The molecule has 1 rings (SSSR count). The lowest BCUT2D eigenvalue weighted by Gasteiger charge is -2.07. The summed E-state index contributed by atoms with van der Waals surface area (Å²) in [5.41, 5.74) is 0.861. The second kappa shape index (κ2) is 6.51. The molecule has 0 unspecified atom stereocenters. The molecule has 18 heavy (non-hydrogen) atoms. The molecule has 2 N–H and O–H groups in total. The molecule has 0 bridgehead atoms. The Bertz CT molecular complexity index is 495. The molecular weight excluding hydrogens is 252 g/mol. The number of carbonyl (C=O) groups excluding carboxylic acids is 1. The minimum Gasteiger partial charge on any atom is -0.352 e. The SMILES string of the molecule is CCCNS(=O)(=O)c1ccc(CNC(C)=O)cc1. The lowest BCUT2D eigenvalue weighted by Crippen LogP contribution is -2.24. The largest absolute Gasteiger partial charge is 0.352 e. The fourth-order valence-corrected chi connectivity index (χ4v) is 2.47. The van der Waals surface area contributed by atoms with Gasteiger partial charge in [0.15, 0.2) is 0 Å². The van der Waals surface area contributed by atoms with Crippen molar-refractivity contribution < 1.29 is 13.2 Å². The van der Waals surface area contributed by atoms with Crippen molar-refractivity contribution >= 4 is 15.9 Å². The maximum Gasteiger partial charge on any atom is 0.240 e. The Hall–Kier alpha value is -1.40. The predicted molar refractivity (Wildman–Crippen MR) is 69.4 cm³/mol. The quantitative estimate of drug-likeness (QED) is 0.810. The normalized spacial score (nSPS) is 11.2. The van der Waals surface area contributed by atoms with Crippen LogP contribution in [0.3, 0.4) is 0 Å². The third kappa shape index (κ3) is 4.46. The molecule has 0 aliphatic heterocycles. The molecule has 5 nitrogen and oxygen atoms in total. The fraction of sp³-hybridized carbons (Fsp3) is 0.417. The van der Waals surface area contributed by atoms with Crippen LogP contribution in [-0.2, 0) is 21.4 Å². The molecule has 0 heterocycles. The van der Waals surface area contributed by atoms with Crippen LogP contribution in [0.2, 0.25) is 0 Å². The van der Waals surface area contributed by atoms with Crippen molar-refractivity contribution in [1.29, 1.82) is 0 Å². The van der Waals surface area contributed by atoms with Gasteiger partial charge >= 0.3 is 0 Å². The van der Waals surface area contributed by atoms with E-state index in [1.807, 2.05) is 6.92 Å². The molecule has 0 spiro atoms. The van der Waals surface area contributed by atoms with Crippen LogP contribution in [0.1, 0.15) is 25.8 Å². The third-order valence-electron chi connectivity index (χ3n) is 2.32. The van der Waals surface area contributed by atoms with Crippen LogP contribution in [0.15, 0.2) is 29.2 Å². The summed E-state index contributed by atoms with van der Waals surface area (Å²) in [5, 5.41) is 2.65. The molecule has 0 aliphatic carbocycles. The van der Waals surface area contributed by atoms with Gasteiger partial charge in [0.1, 0.15) is 0 Å². The van der Waals surface area contributed by atoms with Gasteiger partial charge in [0, 0.05) is 20.0 Å². The van der Waals surface area contributed by atoms with Crippen LogP contribution in [-0.4, -0.2) is 20.9 Å². The number of nitrogens with one attached hydrogen (secondary N) is 2. The first-order valence-electron chi connectivity index (χ1n) is 5.78. The van der Waals surface area contributed by atoms with Gasteiger partial charge in [0.05, 0.1) is 4.90 Å².